The molecule has 2 rings (SSSR count). The maximum absolute atomic E-state index is 12.3. The number of aliphatic carboxylic acids is 1. The van der Waals surface area contributed by atoms with E-state index in [1.54, 1.807) is 26.0 Å². The number of aromatic hydroxyl groups is 1. The van der Waals surface area contributed by atoms with Crippen molar-refractivity contribution >= 4 is 11.9 Å². The van der Waals surface area contributed by atoms with Crippen LogP contribution in [0.25, 0.3) is 11.1 Å². The number of hydrogen-bond acceptors (Lipinski definition) is 4. The molecule has 5 N–H and O–H groups in total. The van der Waals surface area contributed by atoms with Gasteiger partial charge in [-0.05, 0) is 48.1 Å². The molecule has 27 heavy (non-hydrogen) atoms. The summed E-state index contributed by atoms with van der Waals surface area (Å²) in [5.41, 5.74) is 9.36. The Morgan fingerprint density at radius 3 is 2.37 bits per heavy atom. The molecule has 0 aliphatic carbocycles. The van der Waals surface area contributed by atoms with E-state index in [1.807, 2.05) is 37.3 Å². The van der Waals surface area contributed by atoms with Gasteiger partial charge in [-0.25, -0.2) is 4.79 Å². The first-order valence-electron chi connectivity index (χ1n) is 8.87. The Kier molecular flexibility index (Phi) is 6.58. The van der Waals surface area contributed by atoms with E-state index in [-0.39, 0.29) is 18.1 Å². The van der Waals surface area contributed by atoms with Crippen molar-refractivity contribution in [1.29, 1.82) is 0 Å². The molecule has 2 aromatic carbocycles. The van der Waals surface area contributed by atoms with E-state index in [2.05, 4.69) is 5.32 Å². The Hall–Kier alpha value is -2.86. The second kappa shape index (κ2) is 8.68. The average Bonchev–Trinajstić information content (AvgIpc) is 2.61. The highest BCUT2D eigenvalue weighted by Gasteiger charge is 2.26. The quantitative estimate of drug-likeness (QED) is 0.598. The molecule has 0 radical (unpaired) electrons. The summed E-state index contributed by atoms with van der Waals surface area (Å²) in [7, 11) is 0. The van der Waals surface area contributed by atoms with Gasteiger partial charge in [0.05, 0.1) is 6.04 Å². The maximum atomic E-state index is 12.3. The van der Waals surface area contributed by atoms with Gasteiger partial charge in [0.15, 0.2) is 0 Å². The monoisotopic (exact) mass is 370 g/mol. The Morgan fingerprint density at radius 1 is 1.11 bits per heavy atom. The third-order valence-electron chi connectivity index (χ3n) is 4.52. The molecule has 6 nitrogen and oxygen atoms in total. The van der Waals surface area contributed by atoms with Gasteiger partial charge in [-0.1, -0.05) is 44.2 Å². The van der Waals surface area contributed by atoms with Crippen LogP contribution >= 0.6 is 0 Å². The molecule has 0 aliphatic rings. The van der Waals surface area contributed by atoms with E-state index in [9.17, 15) is 19.8 Å². The minimum absolute atomic E-state index is 0.150. The number of hydrogen-bond donors (Lipinski definition) is 4. The van der Waals surface area contributed by atoms with E-state index in [0.717, 1.165) is 16.7 Å². The number of carboxylic acid groups (broad SMARTS) is 1. The summed E-state index contributed by atoms with van der Waals surface area (Å²) in [4.78, 5) is 23.5. The lowest BCUT2D eigenvalue weighted by atomic mass is 9.95. The SMILES string of the molecule is Cc1ccccc1-c1cc(C[C@H](N)C(=O)N[C@H](C(=O)O)C(C)C)ccc1O. The summed E-state index contributed by atoms with van der Waals surface area (Å²) in [6.07, 6.45) is 0.232. The number of aryl methyl sites for hydroxylation is 1. The number of nitrogens with two attached hydrogens (primary N) is 1. The van der Waals surface area contributed by atoms with Crippen molar-refractivity contribution in [1.82, 2.24) is 5.32 Å². The standard InChI is InChI=1S/C21H26N2O4/c1-12(2)19(21(26)27)23-20(25)17(22)11-14-8-9-18(24)16(10-14)15-7-5-4-6-13(15)3/h4-10,12,17,19,24H,11,22H2,1-3H3,(H,23,25)(H,26,27)/t17-,19-/m0/s1. The number of nitrogens with one attached hydrogen (secondary N) is 1. The number of phenolic OH excluding ortho intramolecular Hbond substituents is 1. The topological polar surface area (TPSA) is 113 Å². The van der Waals surface area contributed by atoms with Crippen LogP contribution in [0.15, 0.2) is 42.5 Å². The van der Waals surface area contributed by atoms with Crippen LogP contribution in [0.2, 0.25) is 0 Å². The van der Waals surface area contributed by atoms with Gasteiger partial charge in [0.1, 0.15) is 11.8 Å². The van der Waals surface area contributed by atoms with Crippen LogP contribution < -0.4 is 11.1 Å². The lowest BCUT2D eigenvalue weighted by molar-refractivity contribution is -0.143. The molecule has 144 valence electrons. The van der Waals surface area contributed by atoms with Gasteiger partial charge in [0, 0.05) is 5.56 Å². The van der Waals surface area contributed by atoms with Gasteiger partial charge in [-0.2, -0.15) is 0 Å². The average molecular weight is 370 g/mol. The number of carbonyl (C=O) groups is 2. The van der Waals surface area contributed by atoms with Gasteiger partial charge < -0.3 is 21.3 Å². The summed E-state index contributed by atoms with van der Waals surface area (Å²) in [6, 6.07) is 10.9. The number of rotatable bonds is 7. The van der Waals surface area contributed by atoms with Gasteiger partial charge in [-0.3, -0.25) is 4.79 Å². The largest absolute Gasteiger partial charge is 0.507 e. The van der Waals surface area contributed by atoms with E-state index in [0.29, 0.717) is 5.56 Å². The molecule has 0 fully saturated rings. The predicted molar refractivity (Wildman–Crippen MR) is 104 cm³/mol. The van der Waals surface area contributed by atoms with Gasteiger partial charge in [-0.15, -0.1) is 0 Å². The highest BCUT2D eigenvalue weighted by molar-refractivity contribution is 5.87. The van der Waals surface area contributed by atoms with Gasteiger partial charge >= 0.3 is 5.97 Å². The lowest BCUT2D eigenvalue weighted by Crippen LogP contribution is -2.51. The van der Waals surface area contributed by atoms with Crippen LogP contribution in [0.3, 0.4) is 0 Å². The van der Waals surface area contributed by atoms with E-state index < -0.39 is 24.0 Å². The smallest absolute Gasteiger partial charge is 0.326 e. The Balaban J connectivity index is 2.18. The van der Waals surface area contributed by atoms with Crippen LogP contribution in [0.1, 0.15) is 25.0 Å². The van der Waals surface area contributed by atoms with Gasteiger partial charge in [0.25, 0.3) is 0 Å². The lowest BCUT2D eigenvalue weighted by Gasteiger charge is -2.20. The molecule has 0 aliphatic heterocycles. The third kappa shape index (κ3) is 5.08. The first-order valence-corrected chi connectivity index (χ1v) is 8.87. The third-order valence-corrected chi connectivity index (χ3v) is 4.52. The molecular formula is C21H26N2O4. The maximum Gasteiger partial charge on any atom is 0.326 e. The minimum Gasteiger partial charge on any atom is -0.507 e. The number of amides is 1. The molecule has 0 saturated carbocycles. The zero-order valence-electron chi connectivity index (χ0n) is 15.8. The summed E-state index contributed by atoms with van der Waals surface area (Å²) in [5, 5.41) is 21.9. The van der Waals surface area contributed by atoms with Crippen LogP contribution in [0.4, 0.5) is 0 Å². The Labute approximate surface area is 159 Å². The van der Waals surface area contributed by atoms with Crippen molar-refractivity contribution in [2.24, 2.45) is 11.7 Å². The molecule has 0 bridgehead atoms. The molecule has 2 aromatic rings. The number of carbonyl (C=O) groups excluding carboxylic acids is 1. The minimum atomic E-state index is -1.09. The zero-order chi connectivity index (χ0) is 20.1. The molecule has 2 atom stereocenters. The van der Waals surface area contributed by atoms with Crippen molar-refractivity contribution in [2.45, 2.75) is 39.3 Å². The molecule has 0 spiro atoms. The highest BCUT2D eigenvalue weighted by atomic mass is 16.4. The van der Waals surface area contributed by atoms with Gasteiger partial charge in [0.2, 0.25) is 5.91 Å². The van der Waals surface area contributed by atoms with Crippen LogP contribution in [0, 0.1) is 12.8 Å². The van der Waals surface area contributed by atoms with Crippen molar-refractivity contribution in [3.63, 3.8) is 0 Å². The van der Waals surface area contributed by atoms with Crippen molar-refractivity contribution in [3.05, 3.63) is 53.6 Å². The molecular weight excluding hydrogens is 344 g/mol. The van der Waals surface area contributed by atoms with E-state index in [4.69, 9.17) is 5.73 Å². The summed E-state index contributed by atoms with van der Waals surface area (Å²) >= 11 is 0. The predicted octanol–water partition coefficient (Wildman–Crippen LogP) is 2.46. The fraction of sp³-hybridized carbons (Fsp3) is 0.333. The zero-order valence-corrected chi connectivity index (χ0v) is 15.8. The molecule has 0 saturated heterocycles. The van der Waals surface area contributed by atoms with Crippen molar-refractivity contribution in [2.75, 3.05) is 0 Å². The Bertz CT molecular complexity index is 833. The second-order valence-corrected chi connectivity index (χ2v) is 7.05. The summed E-state index contributed by atoms with van der Waals surface area (Å²) in [6.45, 7) is 5.40. The molecule has 6 heteroatoms. The number of benzene rings is 2. The Morgan fingerprint density at radius 2 is 1.78 bits per heavy atom. The molecule has 1 amide bonds. The molecule has 0 aromatic heterocycles. The first-order chi connectivity index (χ1) is 12.7. The van der Waals surface area contributed by atoms with E-state index >= 15 is 0 Å². The summed E-state index contributed by atoms with van der Waals surface area (Å²) in [5.74, 6) is -1.70. The fourth-order valence-electron chi connectivity index (χ4n) is 2.92. The normalized spacial score (nSPS) is 13.2. The van der Waals surface area contributed by atoms with Crippen LogP contribution in [-0.2, 0) is 16.0 Å². The second-order valence-electron chi connectivity index (χ2n) is 7.05. The van der Waals surface area contributed by atoms with Crippen molar-refractivity contribution < 1.29 is 19.8 Å². The van der Waals surface area contributed by atoms with Crippen LogP contribution in [-0.4, -0.2) is 34.2 Å². The molecule has 0 heterocycles. The van der Waals surface area contributed by atoms with Crippen molar-refractivity contribution in [3.8, 4) is 16.9 Å². The highest BCUT2D eigenvalue weighted by Crippen LogP contribution is 2.32. The number of phenols is 1. The number of carboxylic acids is 1. The van der Waals surface area contributed by atoms with E-state index in [1.165, 1.54) is 0 Å². The first kappa shape index (κ1) is 20.5. The molecule has 0 unspecified atom stereocenters. The van der Waals surface area contributed by atoms with Crippen LogP contribution in [0.5, 0.6) is 5.75 Å². The fourth-order valence-corrected chi connectivity index (χ4v) is 2.92. The summed E-state index contributed by atoms with van der Waals surface area (Å²) < 4.78 is 0.